The molecule has 0 aliphatic carbocycles. The molecule has 2 aromatic carbocycles. The van der Waals surface area contributed by atoms with E-state index in [1.54, 1.807) is 26.4 Å². The minimum Gasteiger partial charge on any atom is -0.497 e. The van der Waals surface area contributed by atoms with Gasteiger partial charge in [0.1, 0.15) is 11.5 Å². The molecule has 0 saturated carbocycles. The number of para-hydroxylation sites is 1. The standard InChI is InChI=1S/C17H16O4/c1-19-13-9-7-12(8-10-13)17(20-2)11-15(18)14-5-3-4-6-16(14)21-17/h3-10H,11H2,1-2H3. The molecule has 2 aromatic rings. The number of ketones is 1. The first-order chi connectivity index (χ1) is 10.2. The SMILES string of the molecule is COc1ccc(C2(OC)CC(=O)c3ccccc3O2)cc1. The Morgan fingerprint density at radius 2 is 1.76 bits per heavy atom. The number of rotatable bonds is 3. The average molecular weight is 284 g/mol. The van der Waals surface area contributed by atoms with Gasteiger partial charge in [-0.1, -0.05) is 12.1 Å². The molecule has 1 heterocycles. The second kappa shape index (κ2) is 5.22. The molecule has 4 heteroatoms. The first-order valence-corrected chi connectivity index (χ1v) is 6.69. The minimum absolute atomic E-state index is 0.00881. The molecule has 0 saturated heterocycles. The normalized spacial score (nSPS) is 20.6. The third-order valence-corrected chi connectivity index (χ3v) is 3.72. The summed E-state index contributed by atoms with van der Waals surface area (Å²) in [6, 6.07) is 14.6. The number of benzene rings is 2. The molecule has 1 aliphatic rings. The maximum Gasteiger partial charge on any atom is 0.244 e. The predicted molar refractivity (Wildman–Crippen MR) is 77.7 cm³/mol. The summed E-state index contributed by atoms with van der Waals surface area (Å²) < 4.78 is 16.7. The van der Waals surface area contributed by atoms with Crippen LogP contribution < -0.4 is 9.47 Å². The average Bonchev–Trinajstić information content (AvgIpc) is 2.55. The Kier molecular flexibility index (Phi) is 3.39. The molecule has 1 unspecified atom stereocenters. The molecule has 4 nitrogen and oxygen atoms in total. The lowest BCUT2D eigenvalue weighted by molar-refractivity contribution is -0.173. The van der Waals surface area contributed by atoms with Crippen LogP contribution in [0.5, 0.6) is 11.5 Å². The summed E-state index contributed by atoms with van der Waals surface area (Å²) in [5, 5.41) is 0. The van der Waals surface area contributed by atoms with Crippen LogP contribution in [0.25, 0.3) is 0 Å². The van der Waals surface area contributed by atoms with Crippen molar-refractivity contribution < 1.29 is 19.0 Å². The van der Waals surface area contributed by atoms with Gasteiger partial charge in [-0.2, -0.15) is 0 Å². The summed E-state index contributed by atoms with van der Waals surface area (Å²) in [6.07, 6.45) is 0.146. The van der Waals surface area contributed by atoms with Crippen molar-refractivity contribution in [1.82, 2.24) is 0 Å². The van der Waals surface area contributed by atoms with Gasteiger partial charge in [0, 0.05) is 12.7 Å². The summed E-state index contributed by atoms with van der Waals surface area (Å²) in [6.45, 7) is 0. The molecule has 0 fully saturated rings. The Morgan fingerprint density at radius 3 is 2.43 bits per heavy atom. The van der Waals surface area contributed by atoms with Gasteiger partial charge in [-0.3, -0.25) is 4.79 Å². The van der Waals surface area contributed by atoms with Crippen molar-refractivity contribution in [3.63, 3.8) is 0 Å². The van der Waals surface area contributed by atoms with Crippen LogP contribution in [-0.4, -0.2) is 20.0 Å². The van der Waals surface area contributed by atoms with E-state index in [4.69, 9.17) is 14.2 Å². The molecule has 0 N–H and O–H groups in total. The Bertz CT molecular complexity index is 663. The number of methoxy groups -OCH3 is 2. The smallest absolute Gasteiger partial charge is 0.244 e. The first kappa shape index (κ1) is 13.6. The zero-order valence-corrected chi connectivity index (χ0v) is 12.0. The molecule has 0 radical (unpaired) electrons. The van der Waals surface area contributed by atoms with E-state index in [-0.39, 0.29) is 12.2 Å². The fourth-order valence-corrected chi connectivity index (χ4v) is 2.54. The molecular formula is C17H16O4. The van der Waals surface area contributed by atoms with Crippen LogP contribution in [0.3, 0.4) is 0 Å². The van der Waals surface area contributed by atoms with Gasteiger partial charge in [0.05, 0.1) is 19.1 Å². The highest BCUT2D eigenvalue weighted by Crippen LogP contribution is 2.40. The van der Waals surface area contributed by atoms with Crippen molar-refractivity contribution in [3.8, 4) is 11.5 Å². The summed E-state index contributed by atoms with van der Waals surface area (Å²) >= 11 is 0. The fourth-order valence-electron chi connectivity index (χ4n) is 2.54. The van der Waals surface area contributed by atoms with E-state index in [0.29, 0.717) is 11.3 Å². The Balaban J connectivity index is 2.03. The zero-order valence-electron chi connectivity index (χ0n) is 12.0. The number of carbonyl (C=O) groups excluding carboxylic acids is 1. The van der Waals surface area contributed by atoms with Crippen LogP contribution in [0, 0.1) is 0 Å². The number of Topliss-reactive ketones (excluding diaryl/α,β-unsaturated/α-hetero) is 1. The van der Waals surface area contributed by atoms with Crippen molar-refractivity contribution in [2.24, 2.45) is 0 Å². The van der Waals surface area contributed by atoms with Crippen LogP contribution in [0.15, 0.2) is 48.5 Å². The van der Waals surface area contributed by atoms with E-state index in [1.165, 1.54) is 0 Å². The number of carbonyl (C=O) groups is 1. The second-order valence-corrected chi connectivity index (χ2v) is 4.88. The maximum absolute atomic E-state index is 12.4. The largest absolute Gasteiger partial charge is 0.497 e. The third kappa shape index (κ3) is 2.28. The molecule has 1 aliphatic heterocycles. The fraction of sp³-hybridized carbons (Fsp3) is 0.235. The highest BCUT2D eigenvalue weighted by atomic mass is 16.7. The van der Waals surface area contributed by atoms with E-state index >= 15 is 0 Å². The van der Waals surface area contributed by atoms with Crippen LogP contribution >= 0.6 is 0 Å². The summed E-state index contributed by atoms with van der Waals surface area (Å²) in [7, 11) is 3.16. The van der Waals surface area contributed by atoms with Gasteiger partial charge in [0.15, 0.2) is 5.78 Å². The van der Waals surface area contributed by atoms with Gasteiger partial charge >= 0.3 is 0 Å². The van der Waals surface area contributed by atoms with Gasteiger partial charge in [0.2, 0.25) is 5.79 Å². The van der Waals surface area contributed by atoms with Gasteiger partial charge in [-0.25, -0.2) is 0 Å². The van der Waals surface area contributed by atoms with Crippen LogP contribution in [-0.2, 0) is 10.5 Å². The first-order valence-electron chi connectivity index (χ1n) is 6.69. The molecular weight excluding hydrogens is 268 g/mol. The molecule has 1 atom stereocenters. The van der Waals surface area contributed by atoms with E-state index in [9.17, 15) is 4.79 Å². The van der Waals surface area contributed by atoms with E-state index in [1.807, 2.05) is 36.4 Å². The van der Waals surface area contributed by atoms with Crippen LogP contribution in [0.4, 0.5) is 0 Å². The Hall–Kier alpha value is -2.33. The maximum atomic E-state index is 12.4. The van der Waals surface area contributed by atoms with E-state index < -0.39 is 5.79 Å². The lowest BCUT2D eigenvalue weighted by Crippen LogP contribution is -2.41. The highest BCUT2D eigenvalue weighted by Gasteiger charge is 2.42. The summed E-state index contributed by atoms with van der Waals surface area (Å²) in [5.41, 5.74) is 1.38. The lowest BCUT2D eigenvalue weighted by atomic mass is 9.93. The molecule has 0 amide bonds. The van der Waals surface area contributed by atoms with Gasteiger partial charge < -0.3 is 14.2 Å². The summed E-state index contributed by atoms with van der Waals surface area (Å²) in [5.74, 6) is 0.214. The highest BCUT2D eigenvalue weighted by molar-refractivity contribution is 6.00. The predicted octanol–water partition coefficient (Wildman–Crippen LogP) is 3.16. The van der Waals surface area contributed by atoms with Gasteiger partial charge in [-0.05, 0) is 36.4 Å². The van der Waals surface area contributed by atoms with Crippen LogP contribution in [0.1, 0.15) is 22.3 Å². The Morgan fingerprint density at radius 1 is 1.05 bits per heavy atom. The molecule has 21 heavy (non-hydrogen) atoms. The van der Waals surface area contributed by atoms with Crippen LogP contribution in [0.2, 0.25) is 0 Å². The second-order valence-electron chi connectivity index (χ2n) is 4.88. The minimum atomic E-state index is -1.09. The number of fused-ring (bicyclic) bond motifs is 1. The van der Waals surface area contributed by atoms with Crippen molar-refractivity contribution in [3.05, 3.63) is 59.7 Å². The van der Waals surface area contributed by atoms with E-state index in [2.05, 4.69) is 0 Å². The van der Waals surface area contributed by atoms with Crippen molar-refractivity contribution in [2.75, 3.05) is 14.2 Å². The number of ether oxygens (including phenoxy) is 3. The molecule has 108 valence electrons. The Labute approximate surface area is 123 Å². The topological polar surface area (TPSA) is 44.8 Å². The number of hydrogen-bond acceptors (Lipinski definition) is 4. The quantitative estimate of drug-likeness (QED) is 0.868. The van der Waals surface area contributed by atoms with Crippen molar-refractivity contribution >= 4 is 5.78 Å². The van der Waals surface area contributed by atoms with Gasteiger partial charge in [-0.15, -0.1) is 0 Å². The summed E-state index contributed by atoms with van der Waals surface area (Å²) in [4.78, 5) is 12.4. The van der Waals surface area contributed by atoms with Gasteiger partial charge in [0.25, 0.3) is 0 Å². The van der Waals surface area contributed by atoms with Crippen molar-refractivity contribution in [1.29, 1.82) is 0 Å². The van der Waals surface area contributed by atoms with E-state index in [0.717, 1.165) is 11.3 Å². The zero-order chi connectivity index (χ0) is 14.9. The van der Waals surface area contributed by atoms with Crippen molar-refractivity contribution in [2.45, 2.75) is 12.2 Å². The third-order valence-electron chi connectivity index (χ3n) is 3.72. The number of hydrogen-bond donors (Lipinski definition) is 0. The lowest BCUT2D eigenvalue weighted by Gasteiger charge is -2.36. The molecule has 0 aromatic heterocycles. The molecule has 0 spiro atoms. The molecule has 0 bridgehead atoms. The monoisotopic (exact) mass is 284 g/mol. The molecule has 3 rings (SSSR count).